The molecular weight excluding hydrogens is 448 g/mol. The fraction of sp³-hybridized carbons (Fsp3) is 0.400. The topological polar surface area (TPSA) is 98.2 Å². The molecule has 3 aromatic rings. The van der Waals surface area contributed by atoms with Crippen molar-refractivity contribution < 1.29 is 18.6 Å². The lowest BCUT2D eigenvalue weighted by molar-refractivity contribution is 0.0246. The van der Waals surface area contributed by atoms with E-state index >= 15 is 0 Å². The molecule has 4 rings (SSSR count). The van der Waals surface area contributed by atoms with Crippen LogP contribution in [0, 0.1) is 5.82 Å². The van der Waals surface area contributed by atoms with Gasteiger partial charge in [0.15, 0.2) is 6.23 Å². The summed E-state index contributed by atoms with van der Waals surface area (Å²) < 4.78 is 35.0. The van der Waals surface area contributed by atoms with Gasteiger partial charge in [-0.25, -0.2) is 13.8 Å². The molecule has 0 spiro atoms. The van der Waals surface area contributed by atoms with Gasteiger partial charge in [0.1, 0.15) is 28.8 Å². The number of nitrogens with zero attached hydrogens (tertiary/aromatic N) is 3. The molecule has 0 radical (unpaired) electrons. The standard InChI is InChI=1S/C20H22ClF2N5O2S/c1-28-18(16-6-5-13(24)12(23)8-30-16)14(7-25-28)26-19(29)15-9-31-20(27-15)10-3-2-4-11(22)17(10)21/h2-4,7,9,12-13,16,19,26,29H,5-6,8,24H2,1H3/t12-,13-,16+,19?/m1/s1. The minimum atomic E-state index is -1.22. The predicted molar refractivity (Wildman–Crippen MR) is 115 cm³/mol. The Morgan fingerprint density at radius 2 is 2.23 bits per heavy atom. The van der Waals surface area contributed by atoms with Crippen molar-refractivity contribution in [2.45, 2.75) is 37.4 Å². The molecule has 0 amide bonds. The van der Waals surface area contributed by atoms with Crippen LogP contribution in [0.5, 0.6) is 0 Å². The van der Waals surface area contributed by atoms with E-state index in [9.17, 15) is 13.9 Å². The highest BCUT2D eigenvalue weighted by atomic mass is 35.5. The van der Waals surface area contributed by atoms with Crippen LogP contribution >= 0.6 is 22.9 Å². The van der Waals surface area contributed by atoms with Gasteiger partial charge in [0.05, 0.1) is 29.2 Å². The van der Waals surface area contributed by atoms with Crippen LogP contribution < -0.4 is 11.1 Å². The molecule has 0 bridgehead atoms. The first-order chi connectivity index (χ1) is 14.8. The maximum Gasteiger partial charge on any atom is 0.169 e. The van der Waals surface area contributed by atoms with Crippen LogP contribution in [0.2, 0.25) is 5.02 Å². The second kappa shape index (κ2) is 9.17. The zero-order valence-electron chi connectivity index (χ0n) is 16.6. The monoisotopic (exact) mass is 469 g/mol. The lowest BCUT2D eigenvalue weighted by Gasteiger charge is -2.19. The number of thiazole rings is 1. The third kappa shape index (κ3) is 4.58. The number of aryl methyl sites for hydroxylation is 1. The van der Waals surface area contributed by atoms with Crippen molar-refractivity contribution >= 4 is 28.6 Å². The number of hydrogen-bond acceptors (Lipinski definition) is 7. The Bertz CT molecular complexity index is 1050. The van der Waals surface area contributed by atoms with Crippen molar-refractivity contribution in [3.63, 3.8) is 0 Å². The molecule has 1 unspecified atom stereocenters. The van der Waals surface area contributed by atoms with E-state index in [1.54, 1.807) is 35.4 Å². The summed E-state index contributed by atoms with van der Waals surface area (Å²) in [5.41, 5.74) is 7.86. The molecule has 166 valence electrons. The molecule has 0 saturated carbocycles. The number of aromatic nitrogens is 3. The Labute approximate surface area is 186 Å². The van der Waals surface area contributed by atoms with Gasteiger partial charge < -0.3 is 20.9 Å². The fourth-order valence-corrected chi connectivity index (χ4v) is 4.66. The Morgan fingerprint density at radius 3 is 3.03 bits per heavy atom. The number of ether oxygens (including phenoxy) is 1. The summed E-state index contributed by atoms with van der Waals surface area (Å²) in [5, 5.41) is 20.1. The van der Waals surface area contributed by atoms with Gasteiger partial charge in [-0.05, 0) is 18.9 Å². The van der Waals surface area contributed by atoms with E-state index in [1.807, 2.05) is 0 Å². The number of anilines is 1. The van der Waals surface area contributed by atoms with Crippen molar-refractivity contribution in [1.82, 2.24) is 14.8 Å². The summed E-state index contributed by atoms with van der Waals surface area (Å²) >= 11 is 7.28. The van der Waals surface area contributed by atoms with E-state index in [1.165, 1.54) is 17.4 Å². The second-order valence-electron chi connectivity index (χ2n) is 7.37. The molecule has 1 aliphatic rings. The average Bonchev–Trinajstić information content (AvgIpc) is 3.33. The van der Waals surface area contributed by atoms with E-state index in [4.69, 9.17) is 22.1 Å². The van der Waals surface area contributed by atoms with Crippen molar-refractivity contribution in [1.29, 1.82) is 0 Å². The number of benzene rings is 1. The molecule has 1 fully saturated rings. The van der Waals surface area contributed by atoms with Gasteiger partial charge in [-0.15, -0.1) is 11.3 Å². The number of rotatable bonds is 5. The number of hydrogen-bond donors (Lipinski definition) is 3. The Balaban J connectivity index is 1.53. The SMILES string of the molecule is Cn1ncc(NC(O)c2csc(-c3cccc(F)c3Cl)n2)c1[C@@H]1CC[C@@H](N)[C@H](F)CO1. The molecule has 1 aliphatic heterocycles. The lowest BCUT2D eigenvalue weighted by atomic mass is 10.0. The molecular formula is C20H22ClF2N5O2S. The molecule has 2 aromatic heterocycles. The summed E-state index contributed by atoms with van der Waals surface area (Å²) in [4.78, 5) is 4.39. The van der Waals surface area contributed by atoms with Gasteiger partial charge >= 0.3 is 0 Å². The van der Waals surface area contributed by atoms with Crippen LogP contribution in [-0.2, 0) is 11.8 Å². The maximum absolute atomic E-state index is 13.9. The summed E-state index contributed by atoms with van der Waals surface area (Å²) in [6.07, 6.45) is -0.207. The second-order valence-corrected chi connectivity index (χ2v) is 8.61. The molecule has 3 heterocycles. The largest absolute Gasteiger partial charge is 0.369 e. The molecule has 31 heavy (non-hydrogen) atoms. The van der Waals surface area contributed by atoms with E-state index < -0.39 is 30.4 Å². The van der Waals surface area contributed by atoms with E-state index in [0.717, 1.165) is 0 Å². The fourth-order valence-electron chi connectivity index (χ4n) is 3.52. The van der Waals surface area contributed by atoms with Gasteiger partial charge in [0.25, 0.3) is 0 Å². The van der Waals surface area contributed by atoms with Crippen molar-refractivity contribution in [3.8, 4) is 10.6 Å². The summed E-state index contributed by atoms with van der Waals surface area (Å²) in [6, 6.07) is 3.92. The summed E-state index contributed by atoms with van der Waals surface area (Å²) in [6.45, 7) is -0.0944. The molecule has 1 saturated heterocycles. The molecule has 0 aliphatic carbocycles. The van der Waals surface area contributed by atoms with Gasteiger partial charge in [0, 0.05) is 24.0 Å². The zero-order chi connectivity index (χ0) is 22.1. The first-order valence-corrected chi connectivity index (χ1v) is 11.0. The average molecular weight is 470 g/mol. The van der Waals surface area contributed by atoms with Gasteiger partial charge in [-0.1, -0.05) is 23.7 Å². The van der Waals surface area contributed by atoms with E-state index in [0.29, 0.717) is 40.5 Å². The maximum atomic E-state index is 13.9. The molecule has 7 nitrogen and oxygen atoms in total. The minimum Gasteiger partial charge on any atom is -0.369 e. The Kier molecular flexibility index (Phi) is 6.54. The lowest BCUT2D eigenvalue weighted by Crippen LogP contribution is -2.32. The highest BCUT2D eigenvalue weighted by molar-refractivity contribution is 7.13. The van der Waals surface area contributed by atoms with Crippen molar-refractivity contribution in [2.75, 3.05) is 11.9 Å². The number of nitrogens with one attached hydrogen (secondary N) is 1. The van der Waals surface area contributed by atoms with Gasteiger partial charge in [-0.2, -0.15) is 5.10 Å². The zero-order valence-corrected chi connectivity index (χ0v) is 18.2. The number of alkyl halides is 1. The van der Waals surface area contributed by atoms with Crippen LogP contribution in [0.1, 0.15) is 36.6 Å². The first kappa shape index (κ1) is 22.1. The minimum absolute atomic E-state index is 0.0183. The Morgan fingerprint density at radius 1 is 1.42 bits per heavy atom. The van der Waals surface area contributed by atoms with Crippen LogP contribution in [0.25, 0.3) is 10.6 Å². The molecule has 11 heteroatoms. The van der Waals surface area contributed by atoms with Crippen molar-refractivity contribution in [3.05, 3.63) is 52.0 Å². The van der Waals surface area contributed by atoms with Crippen LogP contribution in [0.4, 0.5) is 14.5 Å². The van der Waals surface area contributed by atoms with Crippen molar-refractivity contribution in [2.24, 2.45) is 12.8 Å². The third-order valence-electron chi connectivity index (χ3n) is 5.25. The number of aliphatic hydroxyl groups excluding tert-OH is 1. The highest BCUT2D eigenvalue weighted by Gasteiger charge is 2.30. The van der Waals surface area contributed by atoms with Gasteiger partial charge in [-0.3, -0.25) is 4.68 Å². The molecule has 4 N–H and O–H groups in total. The number of halogens is 3. The quantitative estimate of drug-likeness (QED) is 0.489. The third-order valence-corrected chi connectivity index (χ3v) is 6.53. The van der Waals surface area contributed by atoms with Crippen LogP contribution in [0.3, 0.4) is 0 Å². The van der Waals surface area contributed by atoms with E-state index in [2.05, 4.69) is 15.4 Å². The predicted octanol–water partition coefficient (Wildman–Crippen LogP) is 3.96. The van der Waals surface area contributed by atoms with E-state index in [-0.39, 0.29) is 11.6 Å². The number of nitrogens with two attached hydrogens (primary N) is 1. The Hall–Kier alpha value is -2.11. The molecule has 4 atom stereocenters. The summed E-state index contributed by atoms with van der Waals surface area (Å²) in [7, 11) is 1.75. The van der Waals surface area contributed by atoms with Crippen LogP contribution in [-0.4, -0.2) is 38.7 Å². The van der Waals surface area contributed by atoms with Crippen LogP contribution in [0.15, 0.2) is 29.8 Å². The number of aliphatic hydroxyl groups is 1. The smallest absolute Gasteiger partial charge is 0.169 e. The highest BCUT2D eigenvalue weighted by Crippen LogP contribution is 2.35. The van der Waals surface area contributed by atoms with Gasteiger partial charge in [0.2, 0.25) is 0 Å². The normalized spacial score (nSPS) is 22.8. The first-order valence-electron chi connectivity index (χ1n) is 9.72. The summed E-state index contributed by atoms with van der Waals surface area (Å²) in [5.74, 6) is -0.534. The molecule has 1 aromatic carbocycles.